The molecule has 0 spiro atoms. The number of hydrogen-bond donors (Lipinski definition) is 3. The van der Waals surface area contributed by atoms with Crippen LogP contribution in [0.4, 0.5) is 16.2 Å². The van der Waals surface area contributed by atoms with Gasteiger partial charge in [0, 0.05) is 32.8 Å². The van der Waals surface area contributed by atoms with Crippen molar-refractivity contribution in [2.24, 2.45) is 13.0 Å². The number of aliphatic hydroxyl groups is 1. The molecule has 0 saturated heterocycles. The third kappa shape index (κ3) is 6.30. The van der Waals surface area contributed by atoms with Gasteiger partial charge in [-0.25, -0.2) is 9.78 Å². The van der Waals surface area contributed by atoms with Crippen LogP contribution in [0, 0.1) is 19.8 Å². The molecule has 3 atom stereocenters. The van der Waals surface area contributed by atoms with Crippen LogP contribution >= 0.6 is 0 Å². The zero-order valence-corrected chi connectivity index (χ0v) is 24.6. The van der Waals surface area contributed by atoms with E-state index in [4.69, 9.17) is 9.26 Å². The molecule has 1 aliphatic heterocycles. The van der Waals surface area contributed by atoms with Gasteiger partial charge in [0.25, 0.3) is 15.9 Å². The normalized spacial score (nSPS) is 18.1. The number of aryl methyl sites for hydroxylation is 3. The van der Waals surface area contributed by atoms with Crippen LogP contribution in [-0.4, -0.2) is 88.9 Å². The summed E-state index contributed by atoms with van der Waals surface area (Å²) in [4.78, 5) is 33.6. The maximum atomic E-state index is 13.7. The number of amides is 3. The summed E-state index contributed by atoms with van der Waals surface area (Å²) in [5.41, 5.74) is 1.16. The summed E-state index contributed by atoms with van der Waals surface area (Å²) in [7, 11) is -0.879. The molecule has 14 nitrogen and oxygen atoms in total. The Kier molecular flexibility index (Phi) is 8.58. The molecule has 0 aliphatic carbocycles. The number of ether oxygens (including phenoxy) is 1. The van der Waals surface area contributed by atoms with E-state index in [-0.39, 0.29) is 47.6 Å². The Labute approximate surface area is 238 Å². The second-order valence-electron chi connectivity index (χ2n) is 10.3. The second-order valence-corrected chi connectivity index (χ2v) is 11.9. The molecule has 1 aromatic carbocycles. The van der Waals surface area contributed by atoms with Gasteiger partial charge in [-0.05, 0) is 32.9 Å². The van der Waals surface area contributed by atoms with Gasteiger partial charge in [0.2, 0.25) is 0 Å². The monoisotopic (exact) mass is 589 g/mol. The largest absolute Gasteiger partial charge is 0.485 e. The van der Waals surface area contributed by atoms with E-state index in [9.17, 15) is 23.1 Å². The summed E-state index contributed by atoms with van der Waals surface area (Å²) < 4.78 is 41.8. The number of para-hydroxylation sites is 1. The van der Waals surface area contributed by atoms with E-state index in [1.54, 1.807) is 40.9 Å². The number of anilines is 2. The highest BCUT2D eigenvalue weighted by molar-refractivity contribution is 7.92. The number of rotatable bonds is 8. The number of fused-ring (bicyclic) bond motifs is 1. The van der Waals surface area contributed by atoms with Crippen LogP contribution in [0.3, 0.4) is 0 Å². The number of benzene rings is 1. The number of nitrogens with one attached hydrogen (secondary N) is 2. The van der Waals surface area contributed by atoms with Crippen molar-refractivity contribution in [3.05, 3.63) is 47.7 Å². The van der Waals surface area contributed by atoms with Gasteiger partial charge >= 0.3 is 6.03 Å². The Balaban J connectivity index is 1.69. The predicted molar refractivity (Wildman–Crippen MR) is 149 cm³/mol. The number of hydrogen-bond acceptors (Lipinski definition) is 9. The van der Waals surface area contributed by atoms with Crippen molar-refractivity contribution in [1.82, 2.24) is 24.5 Å². The molecule has 222 valence electrons. The Morgan fingerprint density at radius 3 is 2.66 bits per heavy atom. The SMILES string of the molecule is Cc1noc(C)c1NC(=O)N(C)C[C@H]1Oc2c(NS(=O)(=O)c3cn(C)cn3)cccc2C(=O)N([C@H](C)CO)C[C@H]1C. The molecule has 0 bridgehead atoms. The first kappa shape index (κ1) is 29.9. The van der Waals surface area contributed by atoms with Crippen LogP contribution in [0.1, 0.15) is 35.7 Å². The van der Waals surface area contributed by atoms with Crippen molar-refractivity contribution in [3.63, 3.8) is 0 Å². The van der Waals surface area contributed by atoms with Crippen LogP contribution in [0.25, 0.3) is 0 Å². The molecule has 2 aromatic heterocycles. The number of aromatic nitrogens is 3. The Hall–Kier alpha value is -4.11. The lowest BCUT2D eigenvalue weighted by atomic mass is 9.99. The van der Waals surface area contributed by atoms with Crippen molar-refractivity contribution < 1.29 is 32.4 Å². The Bertz CT molecular complexity index is 1510. The number of aliphatic hydroxyl groups excluding tert-OH is 1. The molecule has 4 rings (SSSR count). The standard InChI is InChI=1S/C26H35N7O7S/c1-15-10-33(16(2)13-34)25(35)19-8-7-9-20(30-41(37,38)22-12-31(5)14-27-22)24(19)39-21(15)11-32(6)26(36)28-23-17(3)29-40-18(23)4/h7-9,12,14-16,21,30,34H,10-11,13H2,1-6H3,(H,28,36)/t15-,16-,21-/m1/s1. The van der Waals surface area contributed by atoms with E-state index in [0.29, 0.717) is 17.1 Å². The summed E-state index contributed by atoms with van der Waals surface area (Å²) >= 11 is 0. The zero-order valence-electron chi connectivity index (χ0n) is 23.8. The maximum absolute atomic E-state index is 13.7. The summed E-state index contributed by atoms with van der Waals surface area (Å²) in [6, 6.07) is 3.61. The lowest BCUT2D eigenvalue weighted by molar-refractivity contribution is 0.0373. The third-order valence-corrected chi connectivity index (χ3v) is 8.21. The summed E-state index contributed by atoms with van der Waals surface area (Å²) in [6.45, 7) is 7.03. The van der Waals surface area contributed by atoms with Gasteiger partial charge in [0.15, 0.2) is 16.5 Å². The lowest BCUT2D eigenvalue weighted by Crippen LogP contribution is -2.50. The van der Waals surface area contributed by atoms with Crippen LogP contribution in [0.15, 0.2) is 40.3 Å². The predicted octanol–water partition coefficient (Wildman–Crippen LogP) is 2.21. The molecule has 0 saturated carbocycles. The van der Waals surface area contributed by atoms with E-state index in [1.165, 1.54) is 39.0 Å². The van der Waals surface area contributed by atoms with E-state index >= 15 is 0 Å². The van der Waals surface area contributed by atoms with Crippen LogP contribution in [0.5, 0.6) is 5.75 Å². The van der Waals surface area contributed by atoms with E-state index in [2.05, 4.69) is 20.2 Å². The van der Waals surface area contributed by atoms with Crippen molar-refractivity contribution in [3.8, 4) is 5.75 Å². The fourth-order valence-corrected chi connectivity index (χ4v) is 5.53. The number of imidazole rings is 1. The summed E-state index contributed by atoms with van der Waals surface area (Å²) in [5, 5.41) is 16.3. The number of urea groups is 1. The van der Waals surface area contributed by atoms with Crippen molar-refractivity contribution in [1.29, 1.82) is 0 Å². The number of likely N-dealkylation sites (N-methyl/N-ethyl adjacent to an activating group) is 1. The molecule has 3 aromatic rings. The average Bonchev–Trinajstić information content (AvgIpc) is 3.51. The topological polar surface area (TPSA) is 172 Å². The summed E-state index contributed by atoms with van der Waals surface area (Å²) in [6.07, 6.45) is 2.04. The highest BCUT2D eigenvalue weighted by Gasteiger charge is 2.36. The van der Waals surface area contributed by atoms with Gasteiger partial charge in [-0.2, -0.15) is 8.42 Å². The van der Waals surface area contributed by atoms with Gasteiger partial charge in [-0.3, -0.25) is 9.52 Å². The average molecular weight is 590 g/mol. The molecule has 1 aliphatic rings. The first-order chi connectivity index (χ1) is 19.3. The molecule has 41 heavy (non-hydrogen) atoms. The van der Waals surface area contributed by atoms with E-state index in [0.717, 1.165) is 0 Å². The van der Waals surface area contributed by atoms with Crippen LogP contribution in [-0.2, 0) is 17.1 Å². The third-order valence-electron chi connectivity index (χ3n) is 6.96. The fraction of sp³-hybridized carbons (Fsp3) is 0.462. The number of nitrogens with zero attached hydrogens (tertiary/aromatic N) is 5. The van der Waals surface area contributed by atoms with Crippen LogP contribution in [0.2, 0.25) is 0 Å². The number of sulfonamides is 1. The van der Waals surface area contributed by atoms with Crippen molar-refractivity contribution in [2.75, 3.05) is 36.8 Å². The highest BCUT2D eigenvalue weighted by Crippen LogP contribution is 2.36. The Morgan fingerprint density at radius 1 is 1.32 bits per heavy atom. The smallest absolute Gasteiger partial charge is 0.321 e. The highest BCUT2D eigenvalue weighted by atomic mass is 32.2. The quantitative estimate of drug-likeness (QED) is 0.356. The lowest BCUT2D eigenvalue weighted by Gasteiger charge is -2.38. The van der Waals surface area contributed by atoms with E-state index < -0.39 is 34.1 Å². The molecule has 0 fully saturated rings. The molecular weight excluding hydrogens is 554 g/mol. The Morgan fingerprint density at radius 2 is 2.05 bits per heavy atom. The maximum Gasteiger partial charge on any atom is 0.321 e. The zero-order chi connectivity index (χ0) is 30.1. The first-order valence-electron chi connectivity index (χ1n) is 13.0. The van der Waals surface area contributed by atoms with Crippen molar-refractivity contribution >= 4 is 33.3 Å². The fourth-order valence-electron chi connectivity index (χ4n) is 4.48. The number of carbonyl (C=O) groups excluding carboxylic acids is 2. The molecule has 15 heteroatoms. The second kappa shape index (κ2) is 11.8. The molecule has 0 radical (unpaired) electrons. The van der Waals surface area contributed by atoms with Gasteiger partial charge in [-0.15, -0.1) is 0 Å². The molecule has 3 N–H and O–H groups in total. The molecule has 3 heterocycles. The van der Waals surface area contributed by atoms with E-state index in [1.807, 2.05) is 6.92 Å². The molecule has 0 unspecified atom stereocenters. The molecular formula is C26H35N7O7S. The van der Waals surface area contributed by atoms with Gasteiger partial charge < -0.3 is 34.1 Å². The van der Waals surface area contributed by atoms with Crippen LogP contribution < -0.4 is 14.8 Å². The minimum Gasteiger partial charge on any atom is -0.485 e. The van der Waals surface area contributed by atoms with Gasteiger partial charge in [0.1, 0.15) is 17.5 Å². The van der Waals surface area contributed by atoms with Gasteiger partial charge in [0.05, 0.1) is 36.8 Å². The summed E-state index contributed by atoms with van der Waals surface area (Å²) in [5.74, 6) is -0.264. The molecule has 3 amide bonds. The minimum absolute atomic E-state index is 0.0169. The minimum atomic E-state index is -4.12. The first-order valence-corrected chi connectivity index (χ1v) is 14.5. The number of carbonyl (C=O) groups is 2. The van der Waals surface area contributed by atoms with Crippen molar-refractivity contribution in [2.45, 2.75) is 44.9 Å². The van der Waals surface area contributed by atoms with Gasteiger partial charge in [-0.1, -0.05) is 18.1 Å².